The summed E-state index contributed by atoms with van der Waals surface area (Å²) in [4.78, 5) is 13.9. The number of nitrogens with zero attached hydrogens (tertiary/aromatic N) is 4. The number of ether oxygens (including phenoxy) is 1. The average Bonchev–Trinajstić information content (AvgIpc) is 3.44. The quantitative estimate of drug-likeness (QED) is 0.598. The molecule has 3 N–H and O–H groups in total. The van der Waals surface area contributed by atoms with Gasteiger partial charge >= 0.3 is 0 Å². The molecule has 0 unspecified atom stereocenters. The van der Waals surface area contributed by atoms with Crippen LogP contribution in [0.1, 0.15) is 18.4 Å². The van der Waals surface area contributed by atoms with Gasteiger partial charge < -0.3 is 15.8 Å². The van der Waals surface area contributed by atoms with E-state index in [1.807, 2.05) is 54.6 Å². The van der Waals surface area contributed by atoms with Crippen molar-refractivity contribution in [1.29, 1.82) is 0 Å². The van der Waals surface area contributed by atoms with E-state index in [-0.39, 0.29) is 24.4 Å². The van der Waals surface area contributed by atoms with Crippen molar-refractivity contribution in [3.63, 3.8) is 0 Å². The predicted octanol–water partition coefficient (Wildman–Crippen LogP) is 2.45. The molecule has 0 radical (unpaired) electrons. The third-order valence-electron chi connectivity index (χ3n) is 4.97. The van der Waals surface area contributed by atoms with Crippen LogP contribution in [-0.2, 0) is 22.5 Å². The number of rotatable bonds is 7. The summed E-state index contributed by atoms with van der Waals surface area (Å²) in [6, 6.07) is 17.5. The van der Waals surface area contributed by atoms with E-state index in [1.165, 1.54) is 0 Å². The van der Waals surface area contributed by atoms with Crippen molar-refractivity contribution >= 4 is 24.0 Å². The minimum absolute atomic E-state index is 0. The van der Waals surface area contributed by atoms with Gasteiger partial charge in [-0.05, 0) is 42.2 Å². The van der Waals surface area contributed by atoms with Crippen molar-refractivity contribution < 1.29 is 9.53 Å². The van der Waals surface area contributed by atoms with Gasteiger partial charge in [0.2, 0.25) is 5.82 Å². The second kappa shape index (κ2) is 10.3. The maximum atomic E-state index is 12.3. The Bertz CT molecular complexity index is 948. The molecule has 0 saturated carbocycles. The van der Waals surface area contributed by atoms with Crippen molar-refractivity contribution in [1.82, 2.24) is 20.2 Å². The Morgan fingerprint density at radius 2 is 1.90 bits per heavy atom. The summed E-state index contributed by atoms with van der Waals surface area (Å²) in [5, 5.41) is 15.6. The molecule has 1 saturated heterocycles. The smallest absolute Gasteiger partial charge is 0.253 e. The van der Waals surface area contributed by atoms with Crippen LogP contribution in [0.3, 0.4) is 0 Å². The maximum Gasteiger partial charge on any atom is 0.253 e. The number of anilines is 1. The molecule has 0 aliphatic carbocycles. The lowest BCUT2D eigenvalue weighted by Crippen LogP contribution is -2.29. The second-order valence-corrected chi connectivity index (χ2v) is 7.07. The third-order valence-corrected chi connectivity index (χ3v) is 4.97. The largest absolute Gasteiger partial charge is 0.364 e. The van der Waals surface area contributed by atoms with Gasteiger partial charge in [-0.2, -0.15) is 4.80 Å². The summed E-state index contributed by atoms with van der Waals surface area (Å²) in [5.41, 5.74) is 8.42. The van der Waals surface area contributed by atoms with Crippen LogP contribution < -0.4 is 11.1 Å². The monoisotopic (exact) mass is 428 g/mol. The lowest BCUT2D eigenvalue weighted by molar-refractivity contribution is -0.126. The zero-order valence-electron chi connectivity index (χ0n) is 16.5. The Kier molecular flexibility index (Phi) is 7.51. The molecule has 1 fully saturated rings. The van der Waals surface area contributed by atoms with Crippen LogP contribution in [-0.4, -0.2) is 44.9 Å². The molecular formula is C21H25ClN6O2. The van der Waals surface area contributed by atoms with E-state index in [4.69, 9.17) is 10.5 Å². The lowest BCUT2D eigenvalue weighted by atomic mass is 10.1. The number of carbonyl (C=O) groups excluding carboxylic acids is 1. The van der Waals surface area contributed by atoms with E-state index >= 15 is 0 Å². The van der Waals surface area contributed by atoms with E-state index in [0.29, 0.717) is 25.3 Å². The van der Waals surface area contributed by atoms with Crippen molar-refractivity contribution in [2.24, 2.45) is 5.73 Å². The first-order valence-corrected chi connectivity index (χ1v) is 9.80. The topological polar surface area (TPSA) is 108 Å². The number of aromatic nitrogens is 4. The molecule has 8 nitrogen and oxygen atoms in total. The molecule has 1 amide bonds. The second-order valence-electron chi connectivity index (χ2n) is 7.07. The van der Waals surface area contributed by atoms with Gasteiger partial charge in [0.15, 0.2) is 0 Å². The molecule has 2 heterocycles. The summed E-state index contributed by atoms with van der Waals surface area (Å²) in [6.45, 7) is 1.08. The van der Waals surface area contributed by atoms with Gasteiger partial charge in [-0.25, -0.2) is 0 Å². The van der Waals surface area contributed by atoms with Gasteiger partial charge in [-0.3, -0.25) is 4.79 Å². The van der Waals surface area contributed by atoms with Crippen molar-refractivity contribution in [2.45, 2.75) is 38.0 Å². The highest BCUT2D eigenvalue weighted by atomic mass is 35.5. The van der Waals surface area contributed by atoms with Crippen molar-refractivity contribution in [2.75, 3.05) is 11.9 Å². The van der Waals surface area contributed by atoms with Crippen molar-refractivity contribution in [3.05, 3.63) is 60.2 Å². The third kappa shape index (κ3) is 5.41. The highest BCUT2D eigenvalue weighted by molar-refractivity contribution is 5.94. The first-order valence-electron chi connectivity index (χ1n) is 9.80. The normalized spacial score (nSPS) is 18.0. The molecule has 3 aromatic rings. The van der Waals surface area contributed by atoms with E-state index in [0.717, 1.165) is 29.7 Å². The lowest BCUT2D eigenvalue weighted by Gasteiger charge is -2.13. The molecule has 0 bridgehead atoms. The van der Waals surface area contributed by atoms with Crippen LogP contribution in [0.4, 0.5) is 5.69 Å². The summed E-state index contributed by atoms with van der Waals surface area (Å²) in [6.07, 6.45) is 1.88. The zero-order valence-corrected chi connectivity index (χ0v) is 17.3. The average molecular weight is 429 g/mol. The molecule has 158 valence electrons. The fourth-order valence-corrected chi connectivity index (χ4v) is 3.32. The first-order chi connectivity index (χ1) is 14.2. The van der Waals surface area contributed by atoms with Crippen molar-refractivity contribution in [3.8, 4) is 11.4 Å². The molecule has 0 spiro atoms. The van der Waals surface area contributed by atoms with Crippen LogP contribution in [0, 0.1) is 0 Å². The minimum atomic E-state index is -0.416. The van der Waals surface area contributed by atoms with Crippen LogP contribution in [0.25, 0.3) is 11.4 Å². The molecule has 1 aliphatic heterocycles. The van der Waals surface area contributed by atoms with Gasteiger partial charge in [-0.1, -0.05) is 42.5 Å². The number of nitrogens with two attached hydrogens (primary N) is 1. The molecule has 1 aromatic heterocycles. The Hall–Kier alpha value is -2.81. The molecule has 2 atom stereocenters. The SMILES string of the molecule is Cl.NC[C@H]1CC[C@@H](C(=O)Nc2ccc(CCn3nnc(-c4ccccc4)n3)cc2)O1. The van der Waals surface area contributed by atoms with Gasteiger partial charge in [-0.15, -0.1) is 22.6 Å². The number of benzene rings is 2. The van der Waals surface area contributed by atoms with Gasteiger partial charge in [0.25, 0.3) is 5.91 Å². The van der Waals surface area contributed by atoms with Crippen LogP contribution in [0.2, 0.25) is 0 Å². The Morgan fingerprint density at radius 3 is 2.60 bits per heavy atom. The van der Waals surface area contributed by atoms with Crippen LogP contribution in [0.5, 0.6) is 0 Å². The number of carbonyl (C=O) groups is 1. The number of hydrogen-bond acceptors (Lipinski definition) is 6. The molecule has 4 rings (SSSR count). The Morgan fingerprint density at radius 1 is 1.13 bits per heavy atom. The molecule has 2 aromatic carbocycles. The standard InChI is InChI=1S/C21H24N6O2.ClH/c22-14-18-10-11-19(29-18)21(28)23-17-8-6-15(7-9-17)12-13-27-25-20(24-26-27)16-4-2-1-3-5-16;/h1-9,18-19H,10-14,22H2,(H,23,28);1H/t18-,19+;/m1./s1. The number of amides is 1. The fourth-order valence-electron chi connectivity index (χ4n) is 3.32. The number of hydrogen-bond donors (Lipinski definition) is 2. The van der Waals surface area contributed by atoms with Gasteiger partial charge in [0.1, 0.15) is 6.10 Å². The Balaban J connectivity index is 0.00000256. The zero-order chi connectivity index (χ0) is 20.1. The number of aryl methyl sites for hydroxylation is 2. The Labute approximate surface area is 181 Å². The van der Waals surface area contributed by atoms with Gasteiger partial charge in [0.05, 0.1) is 12.6 Å². The first kappa shape index (κ1) is 21.9. The molecular weight excluding hydrogens is 404 g/mol. The number of nitrogens with one attached hydrogen (secondary N) is 1. The van der Waals surface area contributed by atoms with E-state index in [1.54, 1.807) is 4.80 Å². The van der Waals surface area contributed by atoms with Crippen LogP contribution >= 0.6 is 12.4 Å². The van der Waals surface area contributed by atoms with E-state index in [9.17, 15) is 4.79 Å². The summed E-state index contributed by atoms with van der Waals surface area (Å²) in [5.74, 6) is 0.503. The maximum absolute atomic E-state index is 12.3. The molecule has 1 aliphatic rings. The number of tetrazole rings is 1. The van der Waals surface area contributed by atoms with E-state index in [2.05, 4.69) is 20.7 Å². The fraction of sp³-hybridized carbons (Fsp3) is 0.333. The van der Waals surface area contributed by atoms with Crippen LogP contribution in [0.15, 0.2) is 54.6 Å². The molecule has 9 heteroatoms. The van der Waals surface area contributed by atoms with E-state index < -0.39 is 6.10 Å². The summed E-state index contributed by atoms with van der Waals surface area (Å²) in [7, 11) is 0. The number of halogens is 1. The highest BCUT2D eigenvalue weighted by Gasteiger charge is 2.29. The predicted molar refractivity (Wildman–Crippen MR) is 116 cm³/mol. The summed E-state index contributed by atoms with van der Waals surface area (Å²) < 4.78 is 5.63. The molecule has 30 heavy (non-hydrogen) atoms. The summed E-state index contributed by atoms with van der Waals surface area (Å²) >= 11 is 0. The van der Waals surface area contributed by atoms with Gasteiger partial charge in [0, 0.05) is 17.8 Å². The minimum Gasteiger partial charge on any atom is -0.364 e. The highest BCUT2D eigenvalue weighted by Crippen LogP contribution is 2.21.